The van der Waals surface area contributed by atoms with Crippen LogP contribution in [0.2, 0.25) is 0 Å². The van der Waals surface area contributed by atoms with Gasteiger partial charge in [-0.1, -0.05) is 0 Å². The molecule has 1 aromatic rings. The van der Waals surface area contributed by atoms with E-state index in [1.165, 1.54) is 6.20 Å². The molecule has 0 saturated carbocycles. The molecule has 0 radical (unpaired) electrons. The average molecular weight is 323 g/mol. The maximum atomic E-state index is 12.5. The first kappa shape index (κ1) is 17.4. The van der Waals surface area contributed by atoms with Crippen LogP contribution >= 0.6 is 12.4 Å². The molecular formula is C12H23ClN4O2S. The topological polar surface area (TPSA) is 81.2 Å². The Balaban J connectivity index is 0.00000200. The molecule has 0 spiro atoms. The number of rotatable bonds is 3. The Morgan fingerprint density at radius 2 is 1.95 bits per heavy atom. The van der Waals surface area contributed by atoms with Crippen LogP contribution in [0.5, 0.6) is 0 Å². The second kappa shape index (κ2) is 6.43. The van der Waals surface area contributed by atoms with Crippen molar-refractivity contribution in [2.45, 2.75) is 37.6 Å². The molecule has 1 saturated heterocycles. The molecular weight excluding hydrogens is 300 g/mol. The summed E-state index contributed by atoms with van der Waals surface area (Å²) in [6.45, 7) is 4.85. The van der Waals surface area contributed by atoms with Crippen molar-refractivity contribution >= 4 is 22.4 Å². The van der Waals surface area contributed by atoms with Crippen molar-refractivity contribution in [3.8, 4) is 0 Å². The fraction of sp³-hybridized carbons (Fsp3) is 0.750. The van der Waals surface area contributed by atoms with Crippen LogP contribution in [-0.4, -0.2) is 41.6 Å². The number of aryl methyl sites for hydroxylation is 1. The fourth-order valence-electron chi connectivity index (χ4n) is 2.51. The van der Waals surface area contributed by atoms with Gasteiger partial charge in [0, 0.05) is 26.2 Å². The smallest absolute Gasteiger partial charge is 0.246 e. The summed E-state index contributed by atoms with van der Waals surface area (Å²) >= 11 is 0. The number of hydrogen-bond donors (Lipinski definition) is 1. The molecule has 0 aromatic carbocycles. The van der Waals surface area contributed by atoms with E-state index in [1.807, 2.05) is 6.92 Å². The molecule has 1 aliphatic heterocycles. The van der Waals surface area contributed by atoms with Gasteiger partial charge in [-0.05, 0) is 32.6 Å². The van der Waals surface area contributed by atoms with Crippen LogP contribution in [-0.2, 0) is 17.1 Å². The zero-order chi connectivity index (χ0) is 14.2. The molecule has 2 N–H and O–H groups in total. The first-order valence-electron chi connectivity index (χ1n) is 6.58. The minimum Gasteiger partial charge on any atom is -0.328 e. The molecule has 1 fully saturated rings. The van der Waals surface area contributed by atoms with E-state index in [0.717, 1.165) is 12.8 Å². The van der Waals surface area contributed by atoms with E-state index in [1.54, 1.807) is 23.0 Å². The molecule has 2 heterocycles. The second-order valence-corrected chi connectivity index (χ2v) is 7.22. The molecule has 2 rings (SSSR count). The van der Waals surface area contributed by atoms with Crippen molar-refractivity contribution in [3.63, 3.8) is 0 Å². The lowest BCUT2D eigenvalue weighted by atomic mass is 9.92. The van der Waals surface area contributed by atoms with E-state index in [4.69, 9.17) is 5.73 Å². The molecule has 0 amide bonds. The normalized spacial score (nSPS) is 19.6. The van der Waals surface area contributed by atoms with Gasteiger partial charge in [0.2, 0.25) is 10.0 Å². The third-order valence-corrected chi connectivity index (χ3v) is 6.05. The third-order valence-electron chi connectivity index (χ3n) is 4.05. The minimum atomic E-state index is -3.41. The number of aromatic nitrogens is 2. The highest BCUT2D eigenvalue weighted by Crippen LogP contribution is 2.26. The summed E-state index contributed by atoms with van der Waals surface area (Å²) in [5.74, 6) is 0.418. The maximum Gasteiger partial charge on any atom is 0.246 e. The van der Waals surface area contributed by atoms with Gasteiger partial charge in [0.1, 0.15) is 4.90 Å². The van der Waals surface area contributed by atoms with Gasteiger partial charge in [-0.2, -0.15) is 9.40 Å². The SMILES string of the molecule is Cc1c(S(=O)(=O)N2CCC(C(C)N)CC2)cnn1C.Cl. The van der Waals surface area contributed by atoms with Crippen molar-refractivity contribution in [3.05, 3.63) is 11.9 Å². The van der Waals surface area contributed by atoms with E-state index in [0.29, 0.717) is 29.6 Å². The van der Waals surface area contributed by atoms with Gasteiger partial charge in [0.25, 0.3) is 0 Å². The lowest BCUT2D eigenvalue weighted by molar-refractivity contribution is 0.250. The Morgan fingerprint density at radius 1 is 1.40 bits per heavy atom. The molecule has 1 aliphatic rings. The molecule has 0 aliphatic carbocycles. The Morgan fingerprint density at radius 3 is 2.35 bits per heavy atom. The summed E-state index contributed by atoms with van der Waals surface area (Å²) in [4.78, 5) is 0.314. The van der Waals surface area contributed by atoms with Gasteiger partial charge < -0.3 is 5.73 Å². The van der Waals surface area contributed by atoms with Crippen molar-refractivity contribution in [1.29, 1.82) is 0 Å². The summed E-state index contributed by atoms with van der Waals surface area (Å²) in [5, 5.41) is 4.01. The van der Waals surface area contributed by atoms with Gasteiger partial charge in [0.05, 0.1) is 11.9 Å². The summed E-state index contributed by atoms with van der Waals surface area (Å²) in [5.41, 5.74) is 6.55. The zero-order valence-corrected chi connectivity index (χ0v) is 13.7. The zero-order valence-electron chi connectivity index (χ0n) is 12.1. The predicted molar refractivity (Wildman–Crippen MR) is 80.3 cm³/mol. The summed E-state index contributed by atoms with van der Waals surface area (Å²) in [6.07, 6.45) is 3.09. The predicted octanol–water partition coefficient (Wildman–Crippen LogP) is 0.898. The summed E-state index contributed by atoms with van der Waals surface area (Å²) in [7, 11) is -1.67. The lowest BCUT2D eigenvalue weighted by Gasteiger charge is -2.32. The minimum absolute atomic E-state index is 0. The number of sulfonamides is 1. The molecule has 1 unspecified atom stereocenters. The molecule has 116 valence electrons. The Hall–Kier alpha value is -0.630. The number of nitrogens with zero attached hydrogens (tertiary/aromatic N) is 3. The van der Waals surface area contributed by atoms with Crippen molar-refractivity contribution in [2.24, 2.45) is 18.7 Å². The lowest BCUT2D eigenvalue weighted by Crippen LogP contribution is -2.42. The first-order chi connectivity index (χ1) is 8.84. The summed E-state index contributed by atoms with van der Waals surface area (Å²) < 4.78 is 28.2. The summed E-state index contributed by atoms with van der Waals surface area (Å²) in [6, 6.07) is 0.130. The monoisotopic (exact) mass is 322 g/mol. The van der Waals surface area contributed by atoms with Gasteiger partial charge in [-0.3, -0.25) is 4.68 Å². The third kappa shape index (κ3) is 3.16. The Kier molecular flexibility index (Phi) is 5.60. The van der Waals surface area contributed by atoms with Crippen LogP contribution < -0.4 is 5.73 Å². The highest BCUT2D eigenvalue weighted by molar-refractivity contribution is 7.89. The molecule has 1 atom stereocenters. The maximum absolute atomic E-state index is 12.5. The number of piperidine rings is 1. The van der Waals surface area contributed by atoms with Crippen LogP contribution in [0.15, 0.2) is 11.1 Å². The van der Waals surface area contributed by atoms with Gasteiger partial charge in [-0.15, -0.1) is 12.4 Å². The van der Waals surface area contributed by atoms with E-state index < -0.39 is 10.0 Å². The van der Waals surface area contributed by atoms with Crippen LogP contribution in [0, 0.1) is 12.8 Å². The molecule has 1 aromatic heterocycles. The van der Waals surface area contributed by atoms with E-state index >= 15 is 0 Å². The largest absolute Gasteiger partial charge is 0.328 e. The quantitative estimate of drug-likeness (QED) is 0.896. The Labute approximate surface area is 126 Å². The van der Waals surface area contributed by atoms with Crippen molar-refractivity contribution < 1.29 is 8.42 Å². The van der Waals surface area contributed by atoms with E-state index in [9.17, 15) is 8.42 Å². The van der Waals surface area contributed by atoms with Crippen LogP contribution in [0.25, 0.3) is 0 Å². The number of halogens is 1. The molecule has 8 heteroatoms. The van der Waals surface area contributed by atoms with Crippen molar-refractivity contribution in [1.82, 2.24) is 14.1 Å². The van der Waals surface area contributed by atoms with Gasteiger partial charge >= 0.3 is 0 Å². The average Bonchev–Trinajstić information content (AvgIpc) is 2.70. The van der Waals surface area contributed by atoms with Crippen molar-refractivity contribution in [2.75, 3.05) is 13.1 Å². The second-order valence-electron chi connectivity index (χ2n) is 5.32. The van der Waals surface area contributed by atoms with E-state index in [2.05, 4.69) is 5.10 Å². The standard InChI is InChI=1S/C12H22N4O2S.ClH/c1-9(13)11-4-6-16(7-5-11)19(17,18)12-8-14-15(3)10(12)2;/h8-9,11H,4-7,13H2,1-3H3;1H. The fourth-order valence-corrected chi connectivity index (χ4v) is 4.17. The van der Waals surface area contributed by atoms with E-state index in [-0.39, 0.29) is 18.4 Å². The van der Waals surface area contributed by atoms with Gasteiger partial charge in [-0.25, -0.2) is 8.42 Å². The van der Waals surface area contributed by atoms with Crippen LogP contribution in [0.4, 0.5) is 0 Å². The number of hydrogen-bond acceptors (Lipinski definition) is 4. The molecule has 0 bridgehead atoms. The number of nitrogens with two attached hydrogens (primary N) is 1. The highest BCUT2D eigenvalue weighted by atomic mass is 35.5. The van der Waals surface area contributed by atoms with Crippen LogP contribution in [0.3, 0.4) is 0 Å². The highest BCUT2D eigenvalue weighted by Gasteiger charge is 2.32. The molecule has 6 nitrogen and oxygen atoms in total. The van der Waals surface area contributed by atoms with Gasteiger partial charge in [0.15, 0.2) is 0 Å². The Bertz CT molecular complexity index is 548. The molecule has 20 heavy (non-hydrogen) atoms. The first-order valence-corrected chi connectivity index (χ1v) is 8.02. The van der Waals surface area contributed by atoms with Crippen LogP contribution in [0.1, 0.15) is 25.5 Å².